The number of halogens is 1. The van der Waals surface area contributed by atoms with Gasteiger partial charge in [-0.3, -0.25) is 4.79 Å². The molecular weight excluding hydrogens is 394 g/mol. The van der Waals surface area contributed by atoms with Crippen LogP contribution >= 0.6 is 10.7 Å². The summed E-state index contributed by atoms with van der Waals surface area (Å²) in [6.45, 7) is 0.364. The lowest BCUT2D eigenvalue weighted by Gasteiger charge is -2.14. The number of methoxy groups -OCH3 is 3. The standard InChI is InChI=1S/C18H20ClNO6S/c1-24-15-10-13(11-16(25-2)17(15)26-3)18(21)20-9-8-12-4-6-14(7-5-12)27(19,22)23/h4-7,10-11H,8-9H2,1-3H3,(H,20,21). The van der Waals surface area contributed by atoms with Crippen LogP contribution in [0.5, 0.6) is 17.2 Å². The summed E-state index contributed by atoms with van der Waals surface area (Å²) >= 11 is 0. The molecule has 0 aliphatic carbocycles. The van der Waals surface area contributed by atoms with Crippen molar-refractivity contribution in [1.29, 1.82) is 0 Å². The van der Waals surface area contributed by atoms with Crippen LogP contribution in [-0.4, -0.2) is 42.2 Å². The fourth-order valence-corrected chi connectivity index (χ4v) is 3.22. The summed E-state index contributed by atoms with van der Waals surface area (Å²) in [4.78, 5) is 12.4. The second kappa shape index (κ2) is 8.96. The van der Waals surface area contributed by atoms with Gasteiger partial charge in [0.2, 0.25) is 5.75 Å². The lowest BCUT2D eigenvalue weighted by atomic mass is 10.1. The Hall–Kier alpha value is -2.45. The Labute approximate surface area is 162 Å². The third kappa shape index (κ3) is 5.27. The van der Waals surface area contributed by atoms with Crippen molar-refractivity contribution >= 4 is 25.6 Å². The minimum absolute atomic E-state index is 0.0365. The number of carbonyl (C=O) groups is 1. The summed E-state index contributed by atoms with van der Waals surface area (Å²) in [6.07, 6.45) is 0.527. The lowest BCUT2D eigenvalue weighted by molar-refractivity contribution is 0.0953. The molecule has 1 N–H and O–H groups in total. The van der Waals surface area contributed by atoms with Gasteiger partial charge in [-0.2, -0.15) is 0 Å². The second-order valence-electron chi connectivity index (χ2n) is 5.50. The van der Waals surface area contributed by atoms with E-state index < -0.39 is 9.05 Å². The monoisotopic (exact) mass is 413 g/mol. The predicted molar refractivity (Wildman–Crippen MR) is 102 cm³/mol. The highest BCUT2D eigenvalue weighted by atomic mass is 35.7. The minimum atomic E-state index is -3.74. The Bertz CT molecular complexity index is 887. The molecule has 1 amide bonds. The van der Waals surface area contributed by atoms with Crippen LogP contribution in [-0.2, 0) is 15.5 Å². The van der Waals surface area contributed by atoms with Crippen LogP contribution in [0, 0.1) is 0 Å². The van der Waals surface area contributed by atoms with E-state index in [1.54, 1.807) is 24.3 Å². The first-order chi connectivity index (χ1) is 12.8. The van der Waals surface area contributed by atoms with E-state index in [4.69, 9.17) is 24.9 Å². The van der Waals surface area contributed by atoms with E-state index in [0.717, 1.165) is 5.56 Å². The van der Waals surface area contributed by atoms with E-state index in [2.05, 4.69) is 5.32 Å². The molecule has 0 aliphatic heterocycles. The van der Waals surface area contributed by atoms with Gasteiger partial charge in [-0.25, -0.2) is 8.42 Å². The summed E-state index contributed by atoms with van der Waals surface area (Å²) < 4.78 is 38.2. The molecule has 0 saturated carbocycles. The van der Waals surface area contributed by atoms with E-state index in [0.29, 0.717) is 35.8 Å². The highest BCUT2D eigenvalue weighted by Gasteiger charge is 2.16. The van der Waals surface area contributed by atoms with Crippen LogP contribution in [0.3, 0.4) is 0 Å². The number of hydrogen-bond acceptors (Lipinski definition) is 6. The van der Waals surface area contributed by atoms with Crippen LogP contribution in [0.4, 0.5) is 0 Å². The summed E-state index contributed by atoms with van der Waals surface area (Å²) in [5, 5.41) is 2.80. The summed E-state index contributed by atoms with van der Waals surface area (Å²) in [6, 6.07) is 9.30. The number of rotatable bonds is 8. The second-order valence-corrected chi connectivity index (χ2v) is 8.07. The van der Waals surface area contributed by atoms with E-state index in [1.165, 1.54) is 33.5 Å². The van der Waals surface area contributed by atoms with Gasteiger partial charge in [-0.15, -0.1) is 0 Å². The molecule has 0 aromatic heterocycles. The van der Waals surface area contributed by atoms with Gasteiger partial charge in [-0.05, 0) is 36.2 Å². The Balaban J connectivity index is 2.03. The minimum Gasteiger partial charge on any atom is -0.493 e. The number of carbonyl (C=O) groups excluding carboxylic acids is 1. The van der Waals surface area contributed by atoms with Crippen molar-refractivity contribution in [2.24, 2.45) is 0 Å². The van der Waals surface area contributed by atoms with Crippen molar-refractivity contribution in [1.82, 2.24) is 5.32 Å². The zero-order valence-corrected chi connectivity index (χ0v) is 16.7. The lowest BCUT2D eigenvalue weighted by Crippen LogP contribution is -2.25. The number of benzene rings is 2. The maximum Gasteiger partial charge on any atom is 0.261 e. The SMILES string of the molecule is COc1cc(C(=O)NCCc2ccc(S(=O)(=O)Cl)cc2)cc(OC)c1OC. The van der Waals surface area contributed by atoms with Crippen LogP contribution in [0.25, 0.3) is 0 Å². The van der Waals surface area contributed by atoms with Crippen LogP contribution in [0.2, 0.25) is 0 Å². The molecule has 0 spiro atoms. The van der Waals surface area contributed by atoms with Crippen molar-refractivity contribution in [2.75, 3.05) is 27.9 Å². The van der Waals surface area contributed by atoms with Crippen LogP contribution in [0.15, 0.2) is 41.3 Å². The Morgan fingerprint density at radius 3 is 2.00 bits per heavy atom. The van der Waals surface area contributed by atoms with Gasteiger partial charge in [0.1, 0.15) is 0 Å². The highest BCUT2D eigenvalue weighted by Crippen LogP contribution is 2.38. The van der Waals surface area contributed by atoms with Crippen LogP contribution < -0.4 is 19.5 Å². The molecule has 2 aromatic rings. The molecule has 0 aliphatic rings. The molecule has 0 atom stereocenters. The average Bonchev–Trinajstić information content (AvgIpc) is 2.66. The molecule has 9 heteroatoms. The molecule has 2 aromatic carbocycles. The fraction of sp³-hybridized carbons (Fsp3) is 0.278. The largest absolute Gasteiger partial charge is 0.493 e. The first kappa shape index (κ1) is 20.9. The van der Waals surface area contributed by atoms with Crippen molar-refractivity contribution in [3.05, 3.63) is 47.5 Å². The third-order valence-corrected chi connectivity index (χ3v) is 5.20. The maximum atomic E-state index is 12.4. The Morgan fingerprint density at radius 2 is 1.56 bits per heavy atom. The van der Waals surface area contributed by atoms with Crippen molar-refractivity contribution in [3.63, 3.8) is 0 Å². The number of amides is 1. The van der Waals surface area contributed by atoms with Crippen molar-refractivity contribution in [2.45, 2.75) is 11.3 Å². The molecule has 2 rings (SSSR count). The van der Waals surface area contributed by atoms with Crippen molar-refractivity contribution in [3.8, 4) is 17.2 Å². The molecule has 0 heterocycles. The summed E-state index contributed by atoms with van der Waals surface area (Å²) in [5.41, 5.74) is 1.23. The quantitative estimate of drug-likeness (QED) is 0.669. The van der Waals surface area contributed by atoms with Gasteiger partial charge in [0.05, 0.1) is 26.2 Å². The van der Waals surface area contributed by atoms with E-state index in [1.807, 2.05) is 0 Å². The third-order valence-electron chi connectivity index (χ3n) is 3.83. The van der Waals surface area contributed by atoms with Crippen molar-refractivity contribution < 1.29 is 27.4 Å². The Kier molecular flexibility index (Phi) is 6.92. The molecule has 7 nitrogen and oxygen atoms in total. The molecule has 0 saturated heterocycles. The van der Waals surface area contributed by atoms with E-state index in [-0.39, 0.29) is 10.8 Å². The first-order valence-corrected chi connectivity index (χ1v) is 10.2. The van der Waals surface area contributed by atoms with Gasteiger partial charge < -0.3 is 19.5 Å². The van der Waals surface area contributed by atoms with E-state index in [9.17, 15) is 13.2 Å². The molecule has 0 unspecified atom stereocenters. The maximum absolute atomic E-state index is 12.4. The molecular formula is C18H20ClNO6S. The zero-order valence-electron chi connectivity index (χ0n) is 15.1. The number of nitrogens with one attached hydrogen (secondary N) is 1. The summed E-state index contributed by atoms with van der Waals surface area (Å²) in [7, 11) is 5.98. The van der Waals surface area contributed by atoms with E-state index >= 15 is 0 Å². The molecule has 27 heavy (non-hydrogen) atoms. The molecule has 146 valence electrons. The topological polar surface area (TPSA) is 90.9 Å². The highest BCUT2D eigenvalue weighted by molar-refractivity contribution is 8.13. The van der Waals surface area contributed by atoms with Crippen LogP contribution in [0.1, 0.15) is 15.9 Å². The number of hydrogen-bond donors (Lipinski definition) is 1. The summed E-state index contributed by atoms with van der Waals surface area (Å²) in [5.74, 6) is 0.889. The predicted octanol–water partition coefficient (Wildman–Crippen LogP) is 2.61. The average molecular weight is 414 g/mol. The number of ether oxygens (including phenoxy) is 3. The van der Waals surface area contributed by atoms with Gasteiger partial charge in [0, 0.05) is 22.8 Å². The zero-order chi connectivity index (χ0) is 20.0. The molecule has 0 bridgehead atoms. The van der Waals surface area contributed by atoms with Gasteiger partial charge in [0.15, 0.2) is 11.5 Å². The van der Waals surface area contributed by atoms with Gasteiger partial charge in [-0.1, -0.05) is 12.1 Å². The fourth-order valence-electron chi connectivity index (χ4n) is 2.45. The first-order valence-electron chi connectivity index (χ1n) is 7.92. The Morgan fingerprint density at radius 1 is 1.00 bits per heavy atom. The molecule has 0 radical (unpaired) electrons. The molecule has 0 fully saturated rings. The normalized spacial score (nSPS) is 11.0. The smallest absolute Gasteiger partial charge is 0.261 e. The van der Waals surface area contributed by atoms with Gasteiger partial charge in [0.25, 0.3) is 15.0 Å². The van der Waals surface area contributed by atoms with Gasteiger partial charge >= 0.3 is 0 Å².